The molecule has 0 aliphatic heterocycles. The minimum absolute atomic E-state index is 0.0687. The van der Waals surface area contributed by atoms with Crippen LogP contribution in [0.2, 0.25) is 0 Å². The number of primary amides is 1. The summed E-state index contributed by atoms with van der Waals surface area (Å²) in [5.41, 5.74) is 5.81. The van der Waals surface area contributed by atoms with Crippen LogP contribution in [0, 0.1) is 16.0 Å². The Kier molecular flexibility index (Phi) is 6.65. The summed E-state index contributed by atoms with van der Waals surface area (Å²) in [6.07, 6.45) is -0.851. The lowest BCUT2D eigenvalue weighted by molar-refractivity contribution is -0.384. The molecule has 0 aliphatic rings. The van der Waals surface area contributed by atoms with Crippen molar-refractivity contribution in [3.63, 3.8) is 0 Å². The maximum atomic E-state index is 11.9. The summed E-state index contributed by atoms with van der Waals surface area (Å²) in [5.74, 6) is -1.28. The van der Waals surface area contributed by atoms with Crippen molar-refractivity contribution in [3.8, 4) is 0 Å². The molecule has 0 aromatic heterocycles. The molecule has 0 spiro atoms. The number of aliphatic hydroxyl groups excluding tert-OH is 1. The van der Waals surface area contributed by atoms with E-state index in [2.05, 4.69) is 5.32 Å². The van der Waals surface area contributed by atoms with Crippen LogP contribution < -0.4 is 11.1 Å². The molecular weight excluding hydrogens is 302 g/mol. The minimum atomic E-state index is -1.21. The van der Waals surface area contributed by atoms with Gasteiger partial charge >= 0.3 is 0 Å². The Labute approximate surface area is 133 Å². The Bertz CT molecular complexity index is 571. The fourth-order valence-electron chi connectivity index (χ4n) is 2.03. The van der Waals surface area contributed by atoms with E-state index < -0.39 is 28.9 Å². The number of hydrogen-bond donors (Lipinski definition) is 3. The Morgan fingerprint density at radius 1 is 1.30 bits per heavy atom. The molecule has 2 amide bonds. The maximum absolute atomic E-state index is 11.9. The van der Waals surface area contributed by atoms with Crippen LogP contribution >= 0.6 is 0 Å². The van der Waals surface area contributed by atoms with Gasteiger partial charge < -0.3 is 16.2 Å². The minimum Gasteiger partial charge on any atom is -0.383 e. The normalized spacial score (nSPS) is 13.4. The highest BCUT2D eigenvalue weighted by molar-refractivity contribution is 5.88. The van der Waals surface area contributed by atoms with Gasteiger partial charge in [0.15, 0.2) is 0 Å². The maximum Gasteiger partial charge on any atom is 0.269 e. The van der Waals surface area contributed by atoms with E-state index in [-0.39, 0.29) is 24.4 Å². The van der Waals surface area contributed by atoms with Crippen molar-refractivity contribution < 1.29 is 19.6 Å². The highest BCUT2D eigenvalue weighted by Crippen LogP contribution is 2.13. The number of nitrogens with one attached hydrogen (secondary N) is 1. The van der Waals surface area contributed by atoms with Crippen molar-refractivity contribution in [1.29, 1.82) is 0 Å². The van der Waals surface area contributed by atoms with Crippen molar-refractivity contribution >= 4 is 17.5 Å². The van der Waals surface area contributed by atoms with E-state index in [1.54, 1.807) is 0 Å². The van der Waals surface area contributed by atoms with Gasteiger partial charge in [0.2, 0.25) is 11.8 Å². The van der Waals surface area contributed by atoms with Crippen LogP contribution in [0.5, 0.6) is 0 Å². The zero-order valence-corrected chi connectivity index (χ0v) is 13.1. The fourth-order valence-corrected chi connectivity index (χ4v) is 2.03. The number of benzene rings is 1. The van der Waals surface area contributed by atoms with E-state index >= 15 is 0 Å². The number of carbonyl (C=O) groups is 2. The summed E-state index contributed by atoms with van der Waals surface area (Å²) in [5, 5.41) is 22.8. The molecule has 2 atom stereocenters. The molecular formula is C15H21N3O5. The first-order valence-corrected chi connectivity index (χ1v) is 7.21. The van der Waals surface area contributed by atoms with Gasteiger partial charge in [-0.25, -0.2) is 0 Å². The van der Waals surface area contributed by atoms with Crippen LogP contribution in [0.25, 0.3) is 0 Å². The molecule has 0 bridgehead atoms. The highest BCUT2D eigenvalue weighted by atomic mass is 16.6. The monoisotopic (exact) mass is 323 g/mol. The van der Waals surface area contributed by atoms with E-state index in [0.29, 0.717) is 5.56 Å². The van der Waals surface area contributed by atoms with Crippen LogP contribution in [0.3, 0.4) is 0 Å². The van der Waals surface area contributed by atoms with Crippen LogP contribution in [0.1, 0.15) is 25.8 Å². The predicted octanol–water partition coefficient (Wildman–Crippen LogP) is 0.514. The lowest BCUT2D eigenvalue weighted by Crippen LogP contribution is -2.49. The number of hydrogen-bond acceptors (Lipinski definition) is 5. The number of amides is 2. The first-order chi connectivity index (χ1) is 10.7. The van der Waals surface area contributed by atoms with Gasteiger partial charge in [-0.1, -0.05) is 26.0 Å². The average Bonchev–Trinajstić information content (AvgIpc) is 2.46. The molecule has 0 aliphatic carbocycles. The van der Waals surface area contributed by atoms with Crippen LogP contribution in [-0.2, 0) is 16.0 Å². The van der Waals surface area contributed by atoms with Gasteiger partial charge in [0, 0.05) is 18.6 Å². The quantitative estimate of drug-likeness (QED) is 0.473. The molecule has 0 saturated heterocycles. The first kappa shape index (κ1) is 18.6. The number of nitrogens with zero attached hydrogens (tertiary/aromatic N) is 1. The van der Waals surface area contributed by atoms with Crippen LogP contribution in [-0.4, -0.2) is 34.0 Å². The zero-order valence-electron chi connectivity index (χ0n) is 13.1. The van der Waals surface area contributed by atoms with Crippen molar-refractivity contribution in [3.05, 3.63) is 39.9 Å². The number of non-ortho nitro benzene ring substituents is 1. The summed E-state index contributed by atoms with van der Waals surface area (Å²) >= 11 is 0. The van der Waals surface area contributed by atoms with Crippen molar-refractivity contribution in [2.75, 3.05) is 0 Å². The predicted molar refractivity (Wildman–Crippen MR) is 83.4 cm³/mol. The second kappa shape index (κ2) is 8.23. The first-order valence-electron chi connectivity index (χ1n) is 7.21. The molecule has 23 heavy (non-hydrogen) atoms. The Balaban J connectivity index is 2.73. The van der Waals surface area contributed by atoms with Crippen molar-refractivity contribution in [2.45, 2.75) is 38.8 Å². The molecule has 1 rings (SSSR count). The third-order valence-electron chi connectivity index (χ3n) is 3.24. The molecule has 1 aromatic rings. The topological polar surface area (TPSA) is 136 Å². The van der Waals surface area contributed by atoms with Gasteiger partial charge in [0.05, 0.1) is 4.92 Å². The molecule has 0 heterocycles. The summed E-state index contributed by atoms with van der Waals surface area (Å²) in [7, 11) is 0. The molecule has 1 aromatic carbocycles. The molecule has 126 valence electrons. The number of aliphatic hydroxyl groups is 1. The largest absolute Gasteiger partial charge is 0.383 e. The van der Waals surface area contributed by atoms with Gasteiger partial charge in [-0.2, -0.15) is 0 Å². The van der Waals surface area contributed by atoms with Gasteiger partial charge in [-0.05, 0) is 17.9 Å². The van der Waals surface area contributed by atoms with Gasteiger partial charge in [0.1, 0.15) is 12.1 Å². The second-order valence-electron chi connectivity index (χ2n) is 5.74. The van der Waals surface area contributed by atoms with Crippen LogP contribution in [0.15, 0.2) is 24.3 Å². The lowest BCUT2D eigenvalue weighted by Gasteiger charge is -2.19. The smallest absolute Gasteiger partial charge is 0.269 e. The van der Waals surface area contributed by atoms with Gasteiger partial charge in [0.25, 0.3) is 5.69 Å². The van der Waals surface area contributed by atoms with E-state index in [9.17, 15) is 24.8 Å². The van der Waals surface area contributed by atoms with Crippen molar-refractivity contribution in [2.24, 2.45) is 11.7 Å². The second-order valence-corrected chi connectivity index (χ2v) is 5.74. The zero-order chi connectivity index (χ0) is 17.6. The molecule has 8 heteroatoms. The van der Waals surface area contributed by atoms with E-state index in [0.717, 1.165) is 0 Å². The summed E-state index contributed by atoms with van der Waals surface area (Å²) in [6, 6.07) is 4.60. The number of nitrogens with two attached hydrogens (primary N) is 1. The fraction of sp³-hybridized carbons (Fsp3) is 0.467. The van der Waals surface area contributed by atoms with Crippen LogP contribution in [0.4, 0.5) is 5.69 Å². The molecule has 4 N–H and O–H groups in total. The standard InChI is InChI=1S/C15H21N3O5/c1-9(2)7-13(19)15(21)17-12(14(16)20)8-10-3-5-11(6-4-10)18(22)23/h3-6,9,12-13,19H,7-8H2,1-2H3,(H2,16,20)(H,17,21)/t12-,13-/m0/s1. The van der Waals surface area contributed by atoms with Gasteiger partial charge in [-0.15, -0.1) is 0 Å². The highest BCUT2D eigenvalue weighted by Gasteiger charge is 2.23. The molecule has 0 unspecified atom stereocenters. The number of carbonyl (C=O) groups excluding carboxylic acids is 2. The van der Waals surface area contributed by atoms with E-state index in [1.165, 1.54) is 24.3 Å². The summed E-state index contributed by atoms with van der Waals surface area (Å²) in [4.78, 5) is 33.4. The molecule has 0 fully saturated rings. The van der Waals surface area contributed by atoms with E-state index in [1.807, 2.05) is 13.8 Å². The summed E-state index contributed by atoms with van der Waals surface area (Å²) < 4.78 is 0. The Hall–Kier alpha value is -2.48. The number of rotatable bonds is 8. The Morgan fingerprint density at radius 2 is 1.87 bits per heavy atom. The number of nitro groups is 1. The molecule has 0 radical (unpaired) electrons. The SMILES string of the molecule is CC(C)C[C@H](O)C(=O)N[C@@H](Cc1ccc([N+](=O)[O-])cc1)C(N)=O. The van der Waals surface area contributed by atoms with Crippen molar-refractivity contribution in [1.82, 2.24) is 5.32 Å². The average molecular weight is 323 g/mol. The lowest BCUT2D eigenvalue weighted by atomic mass is 10.0. The summed E-state index contributed by atoms with van der Waals surface area (Å²) in [6.45, 7) is 3.72. The third-order valence-corrected chi connectivity index (χ3v) is 3.24. The third kappa shape index (κ3) is 6.03. The number of nitro benzene ring substituents is 1. The van der Waals surface area contributed by atoms with E-state index in [4.69, 9.17) is 5.73 Å². The van der Waals surface area contributed by atoms with Gasteiger partial charge in [-0.3, -0.25) is 19.7 Å². The molecule has 8 nitrogen and oxygen atoms in total. The Morgan fingerprint density at radius 3 is 2.30 bits per heavy atom. The molecule has 0 saturated carbocycles.